The van der Waals surface area contributed by atoms with Crippen molar-refractivity contribution in [3.8, 4) is 5.75 Å². The molecule has 29 heavy (non-hydrogen) atoms. The molecule has 2 aromatic carbocycles. The van der Waals surface area contributed by atoms with Crippen LogP contribution in [0.5, 0.6) is 5.75 Å². The van der Waals surface area contributed by atoms with Crippen molar-refractivity contribution in [1.82, 2.24) is 10.2 Å². The van der Waals surface area contributed by atoms with Crippen LogP contribution in [0.2, 0.25) is 5.02 Å². The van der Waals surface area contributed by atoms with Crippen LogP contribution in [0.4, 0.5) is 0 Å². The number of ether oxygens (including phenoxy) is 1. The van der Waals surface area contributed by atoms with Gasteiger partial charge in [0.25, 0.3) is 5.91 Å². The van der Waals surface area contributed by atoms with Crippen molar-refractivity contribution in [2.75, 3.05) is 6.61 Å². The van der Waals surface area contributed by atoms with Crippen molar-refractivity contribution >= 4 is 23.4 Å². The molecule has 6 heteroatoms. The Morgan fingerprint density at radius 3 is 2.31 bits per heavy atom. The van der Waals surface area contributed by atoms with E-state index in [0.717, 1.165) is 12.0 Å². The number of rotatable bonds is 10. The fraction of sp³-hybridized carbons (Fsp3) is 0.391. The van der Waals surface area contributed by atoms with Crippen LogP contribution in [-0.4, -0.2) is 35.4 Å². The van der Waals surface area contributed by atoms with Crippen LogP contribution in [0.1, 0.15) is 39.2 Å². The summed E-state index contributed by atoms with van der Waals surface area (Å²) in [6, 6.07) is 15.9. The van der Waals surface area contributed by atoms with Gasteiger partial charge in [-0.1, -0.05) is 61.8 Å². The molecule has 0 aliphatic heterocycles. The maximum absolute atomic E-state index is 13.1. The van der Waals surface area contributed by atoms with E-state index in [9.17, 15) is 9.59 Å². The molecule has 0 heterocycles. The average molecular weight is 417 g/mol. The van der Waals surface area contributed by atoms with Crippen LogP contribution in [0.25, 0.3) is 0 Å². The molecule has 0 fully saturated rings. The van der Waals surface area contributed by atoms with Gasteiger partial charge in [0.15, 0.2) is 6.61 Å². The van der Waals surface area contributed by atoms with E-state index in [1.165, 1.54) is 0 Å². The number of para-hydroxylation sites is 1. The number of hydrogen-bond donors (Lipinski definition) is 1. The van der Waals surface area contributed by atoms with Crippen molar-refractivity contribution in [2.45, 2.75) is 52.2 Å². The largest absolute Gasteiger partial charge is 0.484 e. The van der Waals surface area contributed by atoms with Gasteiger partial charge >= 0.3 is 0 Å². The van der Waals surface area contributed by atoms with Gasteiger partial charge in [0, 0.05) is 17.6 Å². The van der Waals surface area contributed by atoms with Crippen LogP contribution >= 0.6 is 11.6 Å². The van der Waals surface area contributed by atoms with Crippen molar-refractivity contribution < 1.29 is 14.3 Å². The number of amides is 2. The first-order valence-electron chi connectivity index (χ1n) is 9.97. The second kappa shape index (κ2) is 11.5. The van der Waals surface area contributed by atoms with Gasteiger partial charge in [-0.25, -0.2) is 0 Å². The van der Waals surface area contributed by atoms with Gasteiger partial charge in [-0.05, 0) is 43.5 Å². The van der Waals surface area contributed by atoms with Gasteiger partial charge in [-0.2, -0.15) is 0 Å². The molecular weight excluding hydrogens is 388 g/mol. The second-order valence-corrected chi connectivity index (χ2v) is 7.36. The molecule has 2 amide bonds. The topological polar surface area (TPSA) is 58.6 Å². The minimum absolute atomic E-state index is 0.0365. The normalized spacial score (nSPS) is 12.7. The van der Waals surface area contributed by atoms with E-state index in [-0.39, 0.29) is 31.0 Å². The van der Waals surface area contributed by atoms with E-state index in [4.69, 9.17) is 16.3 Å². The summed E-state index contributed by atoms with van der Waals surface area (Å²) < 4.78 is 5.64. The third-order valence-corrected chi connectivity index (χ3v) is 5.16. The zero-order chi connectivity index (χ0) is 21.2. The monoisotopic (exact) mass is 416 g/mol. The maximum atomic E-state index is 13.1. The first-order valence-corrected chi connectivity index (χ1v) is 10.3. The summed E-state index contributed by atoms with van der Waals surface area (Å²) in [5, 5.41) is 3.55. The molecular formula is C23H29ClN2O3. The predicted octanol–water partition coefficient (Wildman–Crippen LogP) is 4.44. The standard InChI is InChI=1S/C23H29ClN2O3/c1-4-17(3)25-23(28)21(5-2)26(15-18-11-9-10-14-20(18)24)22(27)16-29-19-12-7-6-8-13-19/h6-14,17,21H,4-5,15-16H2,1-3H3,(H,25,28)/t17-,21-/m0/s1. The van der Waals surface area contributed by atoms with Gasteiger partial charge in [-0.3, -0.25) is 9.59 Å². The fourth-order valence-electron chi connectivity index (χ4n) is 2.92. The van der Waals surface area contributed by atoms with Crippen molar-refractivity contribution in [2.24, 2.45) is 0 Å². The van der Waals surface area contributed by atoms with Gasteiger partial charge in [0.1, 0.15) is 11.8 Å². The van der Waals surface area contributed by atoms with Crippen LogP contribution in [0, 0.1) is 0 Å². The van der Waals surface area contributed by atoms with Gasteiger partial charge < -0.3 is 15.0 Å². The van der Waals surface area contributed by atoms with Gasteiger partial charge in [-0.15, -0.1) is 0 Å². The highest BCUT2D eigenvalue weighted by Gasteiger charge is 2.29. The molecule has 0 aromatic heterocycles. The Balaban J connectivity index is 2.22. The lowest BCUT2D eigenvalue weighted by molar-refractivity contribution is -0.143. The third-order valence-electron chi connectivity index (χ3n) is 4.79. The average Bonchev–Trinajstić information content (AvgIpc) is 2.73. The molecule has 0 aliphatic rings. The van der Waals surface area contributed by atoms with E-state index in [1.807, 2.05) is 57.2 Å². The van der Waals surface area contributed by atoms with Crippen molar-refractivity contribution in [3.05, 3.63) is 65.2 Å². The lowest BCUT2D eigenvalue weighted by Gasteiger charge is -2.31. The van der Waals surface area contributed by atoms with Gasteiger partial charge in [0.2, 0.25) is 5.91 Å². The summed E-state index contributed by atoms with van der Waals surface area (Å²) in [7, 11) is 0. The molecule has 0 radical (unpaired) electrons. The number of benzene rings is 2. The highest BCUT2D eigenvalue weighted by Crippen LogP contribution is 2.20. The minimum Gasteiger partial charge on any atom is -0.484 e. The fourth-order valence-corrected chi connectivity index (χ4v) is 3.11. The Morgan fingerprint density at radius 2 is 1.69 bits per heavy atom. The Morgan fingerprint density at radius 1 is 1.03 bits per heavy atom. The number of nitrogens with zero attached hydrogens (tertiary/aromatic N) is 1. The Hall–Kier alpha value is -2.53. The number of halogens is 1. The molecule has 156 valence electrons. The van der Waals surface area contributed by atoms with Crippen LogP contribution in [-0.2, 0) is 16.1 Å². The summed E-state index contributed by atoms with van der Waals surface area (Å²) in [5.74, 6) is 0.178. The van der Waals surface area contributed by atoms with Crippen LogP contribution in [0.15, 0.2) is 54.6 Å². The van der Waals surface area contributed by atoms with E-state index >= 15 is 0 Å². The molecule has 0 bridgehead atoms. The molecule has 1 N–H and O–H groups in total. The molecule has 2 atom stereocenters. The van der Waals surface area contributed by atoms with Crippen molar-refractivity contribution in [1.29, 1.82) is 0 Å². The van der Waals surface area contributed by atoms with E-state index in [2.05, 4.69) is 5.32 Å². The smallest absolute Gasteiger partial charge is 0.261 e. The van der Waals surface area contributed by atoms with Gasteiger partial charge in [0.05, 0.1) is 0 Å². The first kappa shape index (κ1) is 22.8. The molecule has 0 saturated heterocycles. The molecule has 0 unspecified atom stereocenters. The third kappa shape index (κ3) is 6.79. The predicted molar refractivity (Wildman–Crippen MR) is 116 cm³/mol. The van der Waals surface area contributed by atoms with Crippen LogP contribution < -0.4 is 10.1 Å². The van der Waals surface area contributed by atoms with Crippen LogP contribution in [0.3, 0.4) is 0 Å². The summed E-state index contributed by atoms with van der Waals surface area (Å²) >= 11 is 6.31. The lowest BCUT2D eigenvalue weighted by Crippen LogP contribution is -2.51. The summed E-state index contributed by atoms with van der Waals surface area (Å²) in [6.45, 7) is 5.94. The highest BCUT2D eigenvalue weighted by atomic mass is 35.5. The van der Waals surface area contributed by atoms with E-state index < -0.39 is 6.04 Å². The summed E-state index contributed by atoms with van der Waals surface area (Å²) in [4.78, 5) is 27.5. The maximum Gasteiger partial charge on any atom is 0.261 e. The molecule has 0 spiro atoms. The van der Waals surface area contributed by atoms with E-state index in [1.54, 1.807) is 23.1 Å². The van der Waals surface area contributed by atoms with E-state index in [0.29, 0.717) is 17.2 Å². The highest BCUT2D eigenvalue weighted by molar-refractivity contribution is 6.31. The summed E-state index contributed by atoms with van der Waals surface area (Å²) in [6.07, 6.45) is 1.31. The number of carbonyl (C=O) groups is 2. The first-order chi connectivity index (χ1) is 14.0. The quantitative estimate of drug-likeness (QED) is 0.622. The lowest BCUT2D eigenvalue weighted by atomic mass is 10.1. The zero-order valence-corrected chi connectivity index (χ0v) is 18.0. The Labute approximate surface area is 178 Å². The number of nitrogens with one attached hydrogen (secondary N) is 1. The Bertz CT molecular complexity index is 798. The zero-order valence-electron chi connectivity index (χ0n) is 17.2. The molecule has 0 aliphatic carbocycles. The second-order valence-electron chi connectivity index (χ2n) is 6.96. The SMILES string of the molecule is CC[C@H](C)NC(=O)[C@H](CC)N(Cc1ccccc1Cl)C(=O)COc1ccccc1. The molecule has 2 rings (SSSR count). The molecule has 2 aromatic rings. The minimum atomic E-state index is -0.604. The van der Waals surface area contributed by atoms with Crippen molar-refractivity contribution in [3.63, 3.8) is 0 Å². The summed E-state index contributed by atoms with van der Waals surface area (Å²) in [5.41, 5.74) is 0.789. The number of carbonyl (C=O) groups excluding carboxylic acids is 2. The molecule has 5 nitrogen and oxygen atoms in total. The Kier molecular flexibility index (Phi) is 9.00. The molecule has 0 saturated carbocycles. The number of hydrogen-bond acceptors (Lipinski definition) is 3.